The number of nitrogens with zero attached hydrogens (tertiary/aromatic N) is 4. The van der Waals surface area contributed by atoms with E-state index in [4.69, 9.17) is 15.3 Å². The lowest BCUT2D eigenvalue weighted by atomic mass is 10.0. The van der Waals surface area contributed by atoms with Crippen LogP contribution < -0.4 is 0 Å². The second-order valence-corrected chi connectivity index (χ2v) is 23.2. The predicted molar refractivity (Wildman–Crippen MR) is 328 cm³/mol. The van der Waals surface area contributed by atoms with E-state index in [-0.39, 0.29) is 0 Å². The molecule has 0 radical (unpaired) electrons. The van der Waals surface area contributed by atoms with Gasteiger partial charge in [0.15, 0.2) is 0 Å². The zero-order chi connectivity index (χ0) is 55.3. The lowest BCUT2D eigenvalue weighted by Gasteiger charge is -2.39. The Hall–Kier alpha value is -0.920. The maximum Gasteiger partial charge on any atom is 0.472 e. The zero-order valence-corrected chi connectivity index (χ0v) is 53.3. The lowest BCUT2D eigenvalue weighted by Crippen LogP contribution is -2.50. The number of unbranched alkanes of at least 4 members (excludes halogenated alkanes) is 36. The standard InChI is InChI=1S/C30H64N.2C18H40N.H2NO3/c1-5-9-13-14-15-16-17-18-19-20-21-22-23-24-25-26-30-31(27-10-6-2,28-11-7-3)29-12-8-4;2*1-5-9-10-11-12-13-14-15-16-17-18-19(6-2,7-3)8-4;2-1(3)4/h5-30H2,1-4H3;2*5-18H2,1-4H3;(H2,2,3,4)/q4*+1. The SMILES string of the molecule is CCCCCCCCCCCCCCCCCC[N+](CCCC)(CCCC)CCCC.CCCCCCCCCCCC[N+](CC)(CC)CC.CCCCCCCCCCCC[N+](CC)(CC)CC.O=[N+](O)O. The Morgan fingerprint density at radius 3 is 0.479 bits per heavy atom. The minimum Gasteiger partial charge on any atom is -0.324 e. The number of rotatable bonds is 54. The molecule has 73 heavy (non-hydrogen) atoms. The van der Waals surface area contributed by atoms with Gasteiger partial charge in [0.2, 0.25) is 0 Å². The molecule has 0 aliphatic carbocycles. The van der Waals surface area contributed by atoms with Gasteiger partial charge in [-0.2, -0.15) is 0 Å². The van der Waals surface area contributed by atoms with Gasteiger partial charge in [-0.1, -0.05) is 253 Å². The lowest BCUT2D eigenvalue weighted by molar-refractivity contribution is -0.969. The van der Waals surface area contributed by atoms with Crippen LogP contribution in [0.5, 0.6) is 0 Å². The van der Waals surface area contributed by atoms with E-state index < -0.39 is 5.09 Å². The molecule has 444 valence electrons. The Kier molecular flexibility index (Phi) is 68.5. The topological polar surface area (TPSA) is 60.5 Å². The summed E-state index contributed by atoms with van der Waals surface area (Å²) in [4.78, 5) is 8.47. The van der Waals surface area contributed by atoms with Crippen LogP contribution in [0.1, 0.15) is 353 Å². The molecule has 0 unspecified atom stereocenters. The Labute approximate surface area is 463 Å². The normalized spacial score (nSPS) is 11.7. The van der Waals surface area contributed by atoms with Crippen LogP contribution in [0.2, 0.25) is 0 Å². The molecular formula is C66H146N4O3+4. The van der Waals surface area contributed by atoms with E-state index in [2.05, 4.69) is 83.1 Å². The van der Waals surface area contributed by atoms with Crippen molar-refractivity contribution in [3.63, 3.8) is 0 Å². The second-order valence-electron chi connectivity index (χ2n) is 23.2. The van der Waals surface area contributed by atoms with Gasteiger partial charge >= 0.3 is 5.09 Å². The molecule has 0 rings (SSSR count). The van der Waals surface area contributed by atoms with E-state index in [1.54, 1.807) is 0 Å². The molecule has 7 nitrogen and oxygen atoms in total. The Bertz CT molecular complexity index is 920. The highest BCUT2D eigenvalue weighted by molar-refractivity contribution is 4.54. The summed E-state index contributed by atoms with van der Waals surface area (Å²) >= 11 is 0. The number of hydrogen-bond acceptors (Lipinski definition) is 1. The molecular weight excluding hydrogens is 897 g/mol. The molecule has 0 aromatic heterocycles. The molecule has 0 bridgehead atoms. The summed E-state index contributed by atoms with van der Waals surface area (Å²) in [5, 5.41) is 12.5. The van der Waals surface area contributed by atoms with Gasteiger partial charge in [0.05, 0.1) is 78.5 Å². The summed E-state index contributed by atoms with van der Waals surface area (Å²) in [7, 11) is 0. The van der Waals surface area contributed by atoms with E-state index in [9.17, 15) is 0 Å². The smallest absolute Gasteiger partial charge is 0.324 e. The van der Waals surface area contributed by atoms with Crippen molar-refractivity contribution in [2.24, 2.45) is 0 Å². The monoisotopic (exact) mass is 1040 g/mol. The molecule has 0 fully saturated rings. The molecule has 0 aromatic carbocycles. The van der Waals surface area contributed by atoms with Crippen molar-refractivity contribution in [1.29, 1.82) is 0 Å². The van der Waals surface area contributed by atoms with Crippen molar-refractivity contribution in [3.05, 3.63) is 4.91 Å². The molecule has 0 heterocycles. The molecule has 0 aliphatic heterocycles. The molecule has 0 aliphatic rings. The van der Waals surface area contributed by atoms with Gasteiger partial charge in [0.25, 0.3) is 0 Å². The van der Waals surface area contributed by atoms with Gasteiger partial charge in [-0.15, -0.1) is 0 Å². The molecule has 2 N–H and O–H groups in total. The van der Waals surface area contributed by atoms with Crippen LogP contribution in [0.4, 0.5) is 0 Å². The fourth-order valence-corrected chi connectivity index (χ4v) is 11.3. The fourth-order valence-electron chi connectivity index (χ4n) is 11.3. The van der Waals surface area contributed by atoms with Crippen molar-refractivity contribution >= 4 is 0 Å². The second kappa shape index (κ2) is 63.6. The minimum absolute atomic E-state index is 1.25. The highest BCUT2D eigenvalue weighted by atomic mass is 16.9. The number of quaternary nitrogens is 3. The Balaban J connectivity index is -0.000000491. The largest absolute Gasteiger partial charge is 0.472 e. The van der Waals surface area contributed by atoms with Crippen LogP contribution in [0.25, 0.3) is 0 Å². The Morgan fingerprint density at radius 2 is 0.329 bits per heavy atom. The third-order valence-corrected chi connectivity index (χ3v) is 17.4. The average molecular weight is 1040 g/mol. The summed E-state index contributed by atoms with van der Waals surface area (Å²) < 4.78 is 4.10. The van der Waals surface area contributed by atoms with Gasteiger partial charge in [-0.3, -0.25) is 0 Å². The van der Waals surface area contributed by atoms with E-state index in [0.717, 1.165) is 0 Å². The minimum atomic E-state index is -1.25. The maximum absolute atomic E-state index is 8.47. The van der Waals surface area contributed by atoms with Gasteiger partial charge in [-0.05, 0) is 99.3 Å². The first-order chi connectivity index (χ1) is 35.5. The molecule has 0 amide bonds. The molecule has 0 spiro atoms. The first-order valence-electron chi connectivity index (χ1n) is 33.9. The summed E-state index contributed by atoms with van der Waals surface area (Å²) in [6, 6.07) is 0. The highest BCUT2D eigenvalue weighted by Crippen LogP contribution is 2.20. The van der Waals surface area contributed by atoms with Crippen LogP contribution in [-0.4, -0.2) is 107 Å². The van der Waals surface area contributed by atoms with E-state index in [0.29, 0.717) is 0 Å². The molecule has 0 saturated heterocycles. The van der Waals surface area contributed by atoms with Crippen LogP contribution >= 0.6 is 0 Å². The summed E-state index contributed by atoms with van der Waals surface area (Å²) in [5.74, 6) is 0. The van der Waals surface area contributed by atoms with Crippen LogP contribution in [-0.2, 0) is 0 Å². The zero-order valence-electron chi connectivity index (χ0n) is 53.3. The van der Waals surface area contributed by atoms with E-state index >= 15 is 0 Å². The third-order valence-electron chi connectivity index (χ3n) is 17.4. The van der Waals surface area contributed by atoms with Gasteiger partial charge in [0.1, 0.15) is 4.91 Å². The first kappa shape index (κ1) is 78.6. The highest BCUT2D eigenvalue weighted by Gasteiger charge is 2.25. The van der Waals surface area contributed by atoms with E-state index in [1.807, 2.05) is 0 Å². The average Bonchev–Trinajstić information content (AvgIpc) is 3.40. The molecule has 0 atom stereocenters. The number of hydrogen-bond donors (Lipinski definition) is 2. The quantitative estimate of drug-likeness (QED) is 0.0363. The van der Waals surface area contributed by atoms with Gasteiger partial charge in [0, 0.05) is 0 Å². The maximum atomic E-state index is 8.47. The van der Waals surface area contributed by atoms with Crippen molar-refractivity contribution in [1.82, 2.24) is 0 Å². The van der Waals surface area contributed by atoms with Crippen molar-refractivity contribution in [2.75, 3.05) is 78.5 Å². The van der Waals surface area contributed by atoms with Crippen molar-refractivity contribution in [3.8, 4) is 0 Å². The van der Waals surface area contributed by atoms with E-state index in [1.165, 1.54) is 362 Å². The summed E-state index contributed by atoms with van der Waals surface area (Å²) in [6.45, 7) is 44.5. The third kappa shape index (κ3) is 57.1. The summed E-state index contributed by atoms with van der Waals surface area (Å²) in [6.07, 6.45) is 60.9. The molecule has 7 heteroatoms. The summed E-state index contributed by atoms with van der Waals surface area (Å²) in [5.41, 5.74) is 0. The molecule has 0 saturated carbocycles. The van der Waals surface area contributed by atoms with Crippen LogP contribution in [0, 0.1) is 4.91 Å². The predicted octanol–water partition coefficient (Wildman–Crippen LogP) is 21.6. The van der Waals surface area contributed by atoms with Gasteiger partial charge in [-0.25, -0.2) is 10.4 Å². The fraction of sp³-hybridized carbons (Fsp3) is 1.00. The van der Waals surface area contributed by atoms with Gasteiger partial charge < -0.3 is 13.4 Å². The molecule has 0 aromatic rings. The van der Waals surface area contributed by atoms with Crippen molar-refractivity contribution in [2.45, 2.75) is 353 Å². The first-order valence-corrected chi connectivity index (χ1v) is 33.9. The van der Waals surface area contributed by atoms with Crippen LogP contribution in [0.15, 0.2) is 0 Å². The Morgan fingerprint density at radius 1 is 0.205 bits per heavy atom. The van der Waals surface area contributed by atoms with Crippen molar-refractivity contribution < 1.29 is 29.0 Å². The van der Waals surface area contributed by atoms with Crippen LogP contribution in [0.3, 0.4) is 0 Å².